The summed E-state index contributed by atoms with van der Waals surface area (Å²) in [6.45, 7) is 6.95. The summed E-state index contributed by atoms with van der Waals surface area (Å²) in [5.41, 5.74) is 0. The Bertz CT molecular complexity index is 228. The molecule has 0 unspecified atom stereocenters. The van der Waals surface area contributed by atoms with Gasteiger partial charge in [0.1, 0.15) is 0 Å². The van der Waals surface area contributed by atoms with E-state index >= 15 is 0 Å². The Hall–Kier alpha value is -0.330. The molecule has 0 amide bonds. The summed E-state index contributed by atoms with van der Waals surface area (Å²) in [4.78, 5) is 2.07. The van der Waals surface area contributed by atoms with Gasteiger partial charge in [-0.3, -0.25) is 9.64 Å². The average Bonchev–Trinajstić information content (AvgIpc) is 2.27. The van der Waals surface area contributed by atoms with Crippen LogP contribution in [0.4, 0.5) is 13.2 Å². The molecule has 1 aliphatic rings. The number of piperidine rings is 1. The van der Waals surface area contributed by atoms with Gasteiger partial charge in [0.25, 0.3) is 0 Å². The highest BCUT2D eigenvalue weighted by molar-refractivity contribution is 4.74. The molecule has 0 aliphatic carbocycles. The third-order valence-electron chi connectivity index (χ3n) is 3.33. The molecule has 6 heteroatoms. The van der Waals surface area contributed by atoms with Crippen LogP contribution in [0.1, 0.15) is 26.7 Å². The predicted molar refractivity (Wildman–Crippen MR) is 64.3 cm³/mol. The van der Waals surface area contributed by atoms with Crippen LogP contribution in [0.15, 0.2) is 0 Å². The Labute approximate surface area is 107 Å². The van der Waals surface area contributed by atoms with Crippen LogP contribution in [-0.2, 0) is 4.74 Å². The van der Waals surface area contributed by atoms with E-state index in [1.54, 1.807) is 0 Å². The van der Waals surface area contributed by atoms with Crippen LogP contribution >= 0.6 is 0 Å². The monoisotopic (exact) mass is 268 g/mol. The van der Waals surface area contributed by atoms with Gasteiger partial charge in [-0.05, 0) is 45.7 Å². The summed E-state index contributed by atoms with van der Waals surface area (Å²) >= 11 is 0. The fourth-order valence-electron chi connectivity index (χ4n) is 2.23. The fourth-order valence-corrected chi connectivity index (χ4v) is 2.23. The van der Waals surface area contributed by atoms with Gasteiger partial charge in [0.2, 0.25) is 0 Å². The first-order valence-corrected chi connectivity index (χ1v) is 6.54. The largest absolute Gasteiger partial charge is 0.522 e. The maximum Gasteiger partial charge on any atom is 0.522 e. The summed E-state index contributed by atoms with van der Waals surface area (Å²) in [6.07, 6.45) is -2.32. The maximum absolute atomic E-state index is 11.9. The van der Waals surface area contributed by atoms with Crippen molar-refractivity contribution in [1.29, 1.82) is 0 Å². The summed E-state index contributed by atoms with van der Waals surface area (Å²) in [7, 11) is 0. The van der Waals surface area contributed by atoms with Crippen LogP contribution < -0.4 is 5.32 Å². The molecule has 0 aromatic rings. The molecule has 0 radical (unpaired) electrons. The van der Waals surface area contributed by atoms with E-state index in [-0.39, 0.29) is 12.6 Å². The predicted octanol–water partition coefficient (Wildman–Crippen LogP) is 2.23. The third kappa shape index (κ3) is 6.56. The lowest BCUT2D eigenvalue weighted by atomic mass is 9.97. The van der Waals surface area contributed by atoms with E-state index < -0.39 is 6.36 Å². The van der Waals surface area contributed by atoms with Gasteiger partial charge < -0.3 is 5.32 Å². The second-order valence-corrected chi connectivity index (χ2v) is 5.08. The number of alkyl halides is 3. The topological polar surface area (TPSA) is 24.5 Å². The second-order valence-electron chi connectivity index (χ2n) is 5.08. The minimum absolute atomic E-state index is 0.247. The molecule has 108 valence electrons. The van der Waals surface area contributed by atoms with Gasteiger partial charge in [0.15, 0.2) is 0 Å². The Morgan fingerprint density at radius 3 is 2.39 bits per heavy atom. The molecule has 0 saturated carbocycles. The standard InChI is InChI=1S/C12H23F3N2O/c1-10(2)17(7-8-18-12(13,14)15)9-11-3-5-16-6-4-11/h10-11,16H,3-9H2,1-2H3. The van der Waals surface area contributed by atoms with Crippen molar-refractivity contribution in [3.8, 4) is 0 Å². The van der Waals surface area contributed by atoms with Crippen molar-refractivity contribution in [3.05, 3.63) is 0 Å². The molecule has 0 atom stereocenters. The van der Waals surface area contributed by atoms with Gasteiger partial charge in [-0.1, -0.05) is 0 Å². The highest BCUT2D eigenvalue weighted by Crippen LogP contribution is 2.17. The number of nitrogens with one attached hydrogen (secondary N) is 1. The molecule has 0 spiro atoms. The lowest BCUT2D eigenvalue weighted by Gasteiger charge is -2.32. The Morgan fingerprint density at radius 2 is 1.89 bits per heavy atom. The number of halogens is 3. The summed E-state index contributed by atoms with van der Waals surface area (Å²) in [6, 6.07) is 0.247. The van der Waals surface area contributed by atoms with E-state index in [0.29, 0.717) is 12.5 Å². The lowest BCUT2D eigenvalue weighted by molar-refractivity contribution is -0.325. The number of hydrogen-bond acceptors (Lipinski definition) is 3. The molecule has 1 rings (SSSR count). The van der Waals surface area contributed by atoms with Gasteiger partial charge in [0, 0.05) is 19.1 Å². The number of ether oxygens (including phenoxy) is 1. The van der Waals surface area contributed by atoms with E-state index in [9.17, 15) is 13.2 Å². The summed E-state index contributed by atoms with van der Waals surface area (Å²) in [5, 5.41) is 3.29. The number of nitrogens with zero attached hydrogens (tertiary/aromatic N) is 1. The minimum Gasteiger partial charge on any atom is -0.317 e. The quantitative estimate of drug-likeness (QED) is 0.799. The van der Waals surface area contributed by atoms with Gasteiger partial charge in [-0.15, -0.1) is 13.2 Å². The zero-order valence-corrected chi connectivity index (χ0v) is 11.1. The van der Waals surface area contributed by atoms with Crippen molar-refractivity contribution >= 4 is 0 Å². The summed E-state index contributed by atoms with van der Waals surface area (Å²) in [5.74, 6) is 0.583. The van der Waals surface area contributed by atoms with Crippen LogP contribution in [0.3, 0.4) is 0 Å². The Balaban J connectivity index is 2.30. The molecular weight excluding hydrogens is 245 g/mol. The molecule has 1 aliphatic heterocycles. The molecule has 0 aromatic carbocycles. The van der Waals surface area contributed by atoms with E-state index in [4.69, 9.17) is 0 Å². The summed E-state index contributed by atoms with van der Waals surface area (Å²) < 4.78 is 39.6. The Morgan fingerprint density at radius 1 is 1.28 bits per heavy atom. The van der Waals surface area contributed by atoms with Crippen molar-refractivity contribution in [3.63, 3.8) is 0 Å². The van der Waals surface area contributed by atoms with Gasteiger partial charge in [0.05, 0.1) is 6.61 Å². The smallest absolute Gasteiger partial charge is 0.317 e. The Kier molecular flexibility index (Phi) is 6.38. The zero-order valence-electron chi connectivity index (χ0n) is 11.1. The second kappa shape index (κ2) is 7.31. The van der Waals surface area contributed by atoms with Gasteiger partial charge in [-0.25, -0.2) is 0 Å². The van der Waals surface area contributed by atoms with Crippen LogP contribution in [-0.4, -0.2) is 50.1 Å². The average molecular weight is 268 g/mol. The van der Waals surface area contributed by atoms with Crippen molar-refractivity contribution in [2.24, 2.45) is 5.92 Å². The molecule has 1 N–H and O–H groups in total. The SMILES string of the molecule is CC(C)N(CCOC(F)(F)F)CC1CCNCC1. The molecule has 3 nitrogen and oxygen atoms in total. The molecule has 0 bridgehead atoms. The normalized spacial score (nSPS) is 18.8. The molecule has 1 heterocycles. The highest BCUT2D eigenvalue weighted by atomic mass is 19.4. The number of rotatable bonds is 6. The molecule has 1 fully saturated rings. The van der Waals surface area contributed by atoms with Gasteiger partial charge in [-0.2, -0.15) is 0 Å². The maximum atomic E-state index is 11.9. The van der Waals surface area contributed by atoms with Crippen molar-refractivity contribution < 1.29 is 17.9 Å². The third-order valence-corrected chi connectivity index (χ3v) is 3.33. The first-order chi connectivity index (χ1) is 8.38. The van der Waals surface area contributed by atoms with E-state index in [1.807, 2.05) is 13.8 Å². The lowest BCUT2D eigenvalue weighted by Crippen LogP contribution is -2.41. The molecule has 0 aromatic heterocycles. The number of hydrogen-bond donors (Lipinski definition) is 1. The van der Waals surface area contributed by atoms with E-state index in [1.165, 1.54) is 0 Å². The van der Waals surface area contributed by atoms with Crippen molar-refractivity contribution in [2.75, 3.05) is 32.8 Å². The van der Waals surface area contributed by atoms with Crippen LogP contribution in [0.25, 0.3) is 0 Å². The molecule has 1 saturated heterocycles. The van der Waals surface area contributed by atoms with Crippen molar-refractivity contribution in [1.82, 2.24) is 10.2 Å². The highest BCUT2D eigenvalue weighted by Gasteiger charge is 2.29. The first-order valence-electron chi connectivity index (χ1n) is 6.54. The minimum atomic E-state index is -4.52. The van der Waals surface area contributed by atoms with Crippen LogP contribution in [0, 0.1) is 5.92 Å². The molecule has 18 heavy (non-hydrogen) atoms. The van der Waals surface area contributed by atoms with Crippen LogP contribution in [0.5, 0.6) is 0 Å². The van der Waals surface area contributed by atoms with Crippen molar-refractivity contribution in [2.45, 2.75) is 39.1 Å². The van der Waals surface area contributed by atoms with E-state index in [0.717, 1.165) is 32.5 Å². The first kappa shape index (κ1) is 15.7. The fraction of sp³-hybridized carbons (Fsp3) is 1.00. The zero-order chi connectivity index (χ0) is 13.6. The molecular formula is C12H23F3N2O. The van der Waals surface area contributed by atoms with Gasteiger partial charge >= 0.3 is 6.36 Å². The van der Waals surface area contributed by atoms with Crippen LogP contribution in [0.2, 0.25) is 0 Å². The van der Waals surface area contributed by atoms with E-state index in [2.05, 4.69) is 15.0 Å².